The van der Waals surface area contributed by atoms with E-state index < -0.39 is 0 Å². The van der Waals surface area contributed by atoms with Crippen LogP contribution in [-0.2, 0) is 7.05 Å². The first-order valence-electron chi connectivity index (χ1n) is 5.98. The minimum absolute atomic E-state index is 0.0591. The number of amides is 1. The van der Waals surface area contributed by atoms with E-state index in [4.69, 9.17) is 0 Å². The van der Waals surface area contributed by atoms with Crippen molar-refractivity contribution in [2.75, 3.05) is 12.3 Å². The fourth-order valence-electron chi connectivity index (χ4n) is 1.76. The van der Waals surface area contributed by atoms with Gasteiger partial charge in [-0.05, 0) is 5.25 Å². The van der Waals surface area contributed by atoms with E-state index in [0.717, 1.165) is 11.4 Å². The van der Waals surface area contributed by atoms with Crippen molar-refractivity contribution in [1.82, 2.24) is 19.5 Å². The topological polar surface area (TPSA) is 51.3 Å². The van der Waals surface area contributed by atoms with Crippen LogP contribution in [0.1, 0.15) is 24.2 Å². The van der Waals surface area contributed by atoms with Crippen LogP contribution in [0.15, 0.2) is 18.6 Å². The third-order valence-corrected chi connectivity index (χ3v) is 3.72. The molecule has 18 heavy (non-hydrogen) atoms. The first-order chi connectivity index (χ1) is 8.59. The summed E-state index contributed by atoms with van der Waals surface area (Å²) in [5.41, 5.74) is 1.45. The van der Waals surface area contributed by atoms with Gasteiger partial charge in [-0.3, -0.25) is 4.79 Å². The summed E-state index contributed by atoms with van der Waals surface area (Å²) >= 11 is 1.84. The van der Waals surface area contributed by atoms with E-state index in [1.807, 2.05) is 35.8 Å². The summed E-state index contributed by atoms with van der Waals surface area (Å²) in [5.74, 6) is 0.872. The number of carbonyl (C=O) groups is 1. The predicted octanol–water partition coefficient (Wildman–Crippen LogP) is 1.54. The highest BCUT2D eigenvalue weighted by Gasteiger charge is 2.14. The lowest BCUT2D eigenvalue weighted by Gasteiger charge is -2.06. The number of carbonyl (C=O) groups excluding carboxylic acids is 1. The molecule has 1 amide bonds. The van der Waals surface area contributed by atoms with Gasteiger partial charge in [-0.1, -0.05) is 13.8 Å². The van der Waals surface area contributed by atoms with Crippen molar-refractivity contribution in [2.24, 2.45) is 7.05 Å². The van der Waals surface area contributed by atoms with E-state index in [-0.39, 0.29) is 5.91 Å². The molecule has 0 fully saturated rings. The zero-order chi connectivity index (χ0) is 13.1. The van der Waals surface area contributed by atoms with Crippen LogP contribution in [0.5, 0.6) is 0 Å². The quantitative estimate of drug-likeness (QED) is 0.835. The van der Waals surface area contributed by atoms with Crippen LogP contribution in [0.25, 0.3) is 5.65 Å². The molecular formula is C12H18N4OS. The smallest absolute Gasteiger partial charge is 0.256 e. The lowest BCUT2D eigenvalue weighted by molar-refractivity contribution is 0.0957. The molecule has 0 aliphatic carbocycles. The Hall–Kier alpha value is -1.43. The molecule has 2 rings (SSSR count). The number of imidazole rings is 1. The number of hydrogen-bond donors (Lipinski definition) is 1. The molecule has 0 aromatic carbocycles. The number of nitrogens with zero attached hydrogens (tertiary/aromatic N) is 3. The van der Waals surface area contributed by atoms with E-state index in [9.17, 15) is 4.79 Å². The number of thioether (sulfide) groups is 1. The van der Waals surface area contributed by atoms with Gasteiger partial charge in [0, 0.05) is 31.7 Å². The van der Waals surface area contributed by atoms with Crippen LogP contribution in [0, 0.1) is 0 Å². The van der Waals surface area contributed by atoms with E-state index in [1.54, 1.807) is 10.7 Å². The molecule has 0 aliphatic rings. The van der Waals surface area contributed by atoms with Gasteiger partial charge in [0.1, 0.15) is 11.2 Å². The maximum atomic E-state index is 12.0. The predicted molar refractivity (Wildman–Crippen MR) is 74.1 cm³/mol. The highest BCUT2D eigenvalue weighted by molar-refractivity contribution is 7.99. The molecule has 6 heteroatoms. The summed E-state index contributed by atoms with van der Waals surface area (Å²) in [7, 11) is 1.91. The molecule has 2 aromatic rings. The van der Waals surface area contributed by atoms with Gasteiger partial charge >= 0.3 is 0 Å². The summed E-state index contributed by atoms with van der Waals surface area (Å²) in [5, 5.41) is 7.67. The molecule has 1 N–H and O–H groups in total. The van der Waals surface area contributed by atoms with E-state index >= 15 is 0 Å². The molecule has 0 saturated carbocycles. The number of aryl methyl sites for hydroxylation is 1. The van der Waals surface area contributed by atoms with E-state index in [0.29, 0.717) is 17.4 Å². The van der Waals surface area contributed by atoms with Crippen molar-refractivity contribution in [3.05, 3.63) is 24.2 Å². The van der Waals surface area contributed by atoms with E-state index in [1.165, 1.54) is 0 Å². The molecule has 5 nitrogen and oxygen atoms in total. The fourth-order valence-corrected chi connectivity index (χ4v) is 2.46. The Bertz CT molecular complexity index is 543. The van der Waals surface area contributed by atoms with Gasteiger partial charge in [-0.25, -0.2) is 4.52 Å². The van der Waals surface area contributed by atoms with Crippen LogP contribution < -0.4 is 5.32 Å². The Morgan fingerprint density at radius 1 is 1.50 bits per heavy atom. The van der Waals surface area contributed by atoms with Gasteiger partial charge in [0.25, 0.3) is 5.91 Å². The Labute approximate surface area is 111 Å². The summed E-state index contributed by atoms with van der Waals surface area (Å²) in [6, 6.07) is 0. The van der Waals surface area contributed by atoms with Gasteiger partial charge in [0.15, 0.2) is 0 Å². The Balaban J connectivity index is 1.98. The molecule has 0 spiro atoms. The van der Waals surface area contributed by atoms with Crippen LogP contribution in [0.2, 0.25) is 0 Å². The maximum absolute atomic E-state index is 12.0. The summed E-state index contributed by atoms with van der Waals surface area (Å²) < 4.78 is 3.60. The number of nitrogens with one attached hydrogen (secondary N) is 1. The van der Waals surface area contributed by atoms with Crippen LogP contribution in [0.4, 0.5) is 0 Å². The minimum atomic E-state index is -0.0591. The molecule has 98 valence electrons. The third-order valence-electron chi connectivity index (χ3n) is 2.62. The monoisotopic (exact) mass is 266 g/mol. The average Bonchev–Trinajstić information content (AvgIpc) is 2.88. The Kier molecular flexibility index (Phi) is 3.96. The zero-order valence-electron chi connectivity index (χ0n) is 10.9. The van der Waals surface area contributed by atoms with Crippen molar-refractivity contribution in [3.63, 3.8) is 0 Å². The highest BCUT2D eigenvalue weighted by Crippen LogP contribution is 2.11. The van der Waals surface area contributed by atoms with Gasteiger partial charge in [0.2, 0.25) is 0 Å². The van der Waals surface area contributed by atoms with Crippen LogP contribution >= 0.6 is 11.8 Å². The largest absolute Gasteiger partial charge is 0.351 e. The summed E-state index contributed by atoms with van der Waals surface area (Å²) in [4.78, 5) is 12.0. The lowest BCUT2D eigenvalue weighted by atomic mass is 10.3. The number of fused-ring (bicyclic) bond motifs is 1. The first-order valence-corrected chi connectivity index (χ1v) is 7.03. The molecule has 0 bridgehead atoms. The molecule has 0 saturated heterocycles. The molecular weight excluding hydrogens is 248 g/mol. The molecule has 0 unspecified atom stereocenters. The van der Waals surface area contributed by atoms with Crippen molar-refractivity contribution in [1.29, 1.82) is 0 Å². The normalized spacial score (nSPS) is 11.3. The second-order valence-corrected chi connectivity index (χ2v) is 6.10. The van der Waals surface area contributed by atoms with Gasteiger partial charge in [-0.15, -0.1) is 0 Å². The Morgan fingerprint density at radius 2 is 2.28 bits per heavy atom. The fraction of sp³-hybridized carbons (Fsp3) is 0.500. The van der Waals surface area contributed by atoms with Crippen molar-refractivity contribution < 1.29 is 4.79 Å². The van der Waals surface area contributed by atoms with Crippen molar-refractivity contribution in [3.8, 4) is 0 Å². The van der Waals surface area contributed by atoms with Gasteiger partial charge in [0.05, 0.1) is 6.20 Å². The van der Waals surface area contributed by atoms with Gasteiger partial charge in [-0.2, -0.15) is 16.9 Å². The molecule has 0 aliphatic heterocycles. The zero-order valence-corrected chi connectivity index (χ0v) is 11.7. The molecule has 2 heterocycles. The standard InChI is InChI=1S/C12H18N4OS/c1-9(2)18-7-4-13-11(17)10-8-14-16-6-5-15(3)12(10)16/h5-6,8-9H,4,7H2,1-3H3,(H,13,17). The van der Waals surface area contributed by atoms with Crippen molar-refractivity contribution >= 4 is 23.3 Å². The number of rotatable bonds is 5. The summed E-state index contributed by atoms with van der Waals surface area (Å²) in [6.07, 6.45) is 5.33. The van der Waals surface area contributed by atoms with Crippen LogP contribution in [0.3, 0.4) is 0 Å². The highest BCUT2D eigenvalue weighted by atomic mass is 32.2. The first kappa shape index (κ1) is 13.0. The average molecular weight is 266 g/mol. The van der Waals surface area contributed by atoms with Crippen LogP contribution in [-0.4, -0.2) is 37.6 Å². The van der Waals surface area contributed by atoms with Gasteiger partial charge < -0.3 is 9.88 Å². The second-order valence-electron chi connectivity index (χ2n) is 4.41. The number of aromatic nitrogens is 3. The SMILES string of the molecule is CC(C)SCCNC(=O)c1cnn2ccn(C)c12. The summed E-state index contributed by atoms with van der Waals surface area (Å²) in [6.45, 7) is 4.99. The van der Waals surface area contributed by atoms with Crippen molar-refractivity contribution in [2.45, 2.75) is 19.1 Å². The lowest BCUT2D eigenvalue weighted by Crippen LogP contribution is -2.26. The molecule has 0 atom stereocenters. The second kappa shape index (κ2) is 5.48. The van der Waals surface area contributed by atoms with E-state index in [2.05, 4.69) is 24.3 Å². The Morgan fingerprint density at radius 3 is 3.00 bits per heavy atom. The molecule has 2 aromatic heterocycles. The third kappa shape index (κ3) is 2.69. The maximum Gasteiger partial charge on any atom is 0.256 e. The number of hydrogen-bond acceptors (Lipinski definition) is 3. The minimum Gasteiger partial charge on any atom is -0.351 e. The molecule has 0 radical (unpaired) electrons.